The molecule has 0 atom stereocenters. The van der Waals surface area contributed by atoms with Crippen LogP contribution < -0.4 is 0 Å². The highest BCUT2D eigenvalue weighted by Gasteiger charge is 2.13. The Morgan fingerprint density at radius 3 is 2.82 bits per heavy atom. The van der Waals surface area contributed by atoms with Crippen LogP contribution in [0, 0.1) is 6.92 Å². The largest absolute Gasteiger partial charge is 0.481 e. The zero-order chi connectivity index (χ0) is 12.4. The predicted octanol–water partition coefficient (Wildman–Crippen LogP) is 2.77. The lowest BCUT2D eigenvalue weighted by molar-refractivity contribution is -0.136. The Morgan fingerprint density at radius 2 is 2.18 bits per heavy atom. The van der Waals surface area contributed by atoms with Crippen LogP contribution in [0.25, 0.3) is 11.4 Å². The number of aromatic nitrogens is 2. The van der Waals surface area contributed by atoms with E-state index in [-0.39, 0.29) is 6.42 Å². The van der Waals surface area contributed by atoms with Crippen LogP contribution in [0.4, 0.5) is 0 Å². The van der Waals surface area contributed by atoms with Gasteiger partial charge in [-0.1, -0.05) is 24.3 Å². The van der Waals surface area contributed by atoms with Crippen molar-refractivity contribution in [1.29, 1.82) is 0 Å². The first-order chi connectivity index (χ1) is 8.08. The highest BCUT2D eigenvalue weighted by atomic mass is 79.9. The minimum Gasteiger partial charge on any atom is -0.481 e. The molecule has 0 aliphatic rings. The normalized spacial score (nSPS) is 10.5. The first-order valence-corrected chi connectivity index (χ1v) is 5.89. The summed E-state index contributed by atoms with van der Waals surface area (Å²) in [6, 6.07) is 7.82. The van der Waals surface area contributed by atoms with E-state index in [2.05, 4.69) is 25.9 Å². The van der Waals surface area contributed by atoms with Crippen LogP contribution in [0.15, 0.2) is 28.9 Å². The van der Waals surface area contributed by atoms with Gasteiger partial charge >= 0.3 is 5.97 Å². The Kier molecular flexibility index (Phi) is 3.28. The molecule has 0 fully saturated rings. The summed E-state index contributed by atoms with van der Waals surface area (Å²) < 4.78 is 0.554. The van der Waals surface area contributed by atoms with Crippen molar-refractivity contribution >= 4 is 21.9 Å². The molecule has 2 rings (SSSR count). The SMILES string of the molecule is Cc1ccccc1-c1nc(Br)c(CC(=O)O)[nH]1. The molecule has 0 aliphatic carbocycles. The van der Waals surface area contributed by atoms with Gasteiger partial charge < -0.3 is 10.1 Å². The topological polar surface area (TPSA) is 66.0 Å². The van der Waals surface area contributed by atoms with E-state index < -0.39 is 5.97 Å². The molecule has 2 N–H and O–H groups in total. The van der Waals surface area contributed by atoms with Gasteiger partial charge in [0.1, 0.15) is 10.4 Å². The third-order valence-corrected chi connectivity index (χ3v) is 3.11. The summed E-state index contributed by atoms with van der Waals surface area (Å²) in [4.78, 5) is 18.0. The molecule has 0 saturated heterocycles. The standard InChI is InChI=1S/C12H11BrN2O2/c1-7-4-2-3-5-8(7)12-14-9(6-10(16)17)11(13)15-12/h2-5H,6H2,1H3,(H,14,15)(H,16,17). The highest BCUT2D eigenvalue weighted by molar-refractivity contribution is 9.10. The predicted molar refractivity (Wildman–Crippen MR) is 67.8 cm³/mol. The van der Waals surface area contributed by atoms with E-state index in [0.717, 1.165) is 11.1 Å². The van der Waals surface area contributed by atoms with Gasteiger partial charge in [-0.15, -0.1) is 0 Å². The van der Waals surface area contributed by atoms with Crippen molar-refractivity contribution < 1.29 is 9.90 Å². The molecule has 0 unspecified atom stereocenters. The molecule has 0 bridgehead atoms. The molecule has 0 amide bonds. The van der Waals surface area contributed by atoms with E-state index in [0.29, 0.717) is 16.1 Å². The van der Waals surface area contributed by atoms with E-state index in [1.165, 1.54) is 0 Å². The van der Waals surface area contributed by atoms with Gasteiger partial charge in [0.05, 0.1) is 12.1 Å². The molecule has 5 heteroatoms. The number of carbonyl (C=O) groups is 1. The molecular weight excluding hydrogens is 284 g/mol. The average Bonchev–Trinajstić information content (AvgIpc) is 2.60. The summed E-state index contributed by atoms with van der Waals surface area (Å²) in [6.07, 6.45) is -0.0700. The number of aromatic amines is 1. The summed E-state index contributed by atoms with van der Waals surface area (Å²) in [5.74, 6) is -0.197. The fourth-order valence-corrected chi connectivity index (χ4v) is 2.04. The van der Waals surface area contributed by atoms with Crippen LogP contribution in [0.1, 0.15) is 11.3 Å². The summed E-state index contributed by atoms with van der Waals surface area (Å²) in [5.41, 5.74) is 2.65. The molecule has 1 aromatic carbocycles. The monoisotopic (exact) mass is 294 g/mol. The van der Waals surface area contributed by atoms with Crippen LogP contribution >= 0.6 is 15.9 Å². The van der Waals surface area contributed by atoms with Gasteiger partial charge in [0, 0.05) is 5.56 Å². The lowest BCUT2D eigenvalue weighted by atomic mass is 10.1. The van der Waals surface area contributed by atoms with Crippen molar-refractivity contribution in [2.75, 3.05) is 0 Å². The second-order valence-corrected chi connectivity index (χ2v) is 4.49. The van der Waals surface area contributed by atoms with Crippen LogP contribution in [-0.2, 0) is 11.2 Å². The molecule has 88 valence electrons. The van der Waals surface area contributed by atoms with E-state index in [1.54, 1.807) is 0 Å². The number of nitrogens with zero attached hydrogens (tertiary/aromatic N) is 1. The smallest absolute Gasteiger partial charge is 0.309 e. The lowest BCUT2D eigenvalue weighted by Crippen LogP contribution is -2.00. The van der Waals surface area contributed by atoms with Gasteiger partial charge in [0.25, 0.3) is 0 Å². The third-order valence-electron chi connectivity index (χ3n) is 2.46. The Bertz CT molecular complexity index is 563. The first-order valence-electron chi connectivity index (χ1n) is 5.10. The van der Waals surface area contributed by atoms with Crippen LogP contribution in [0.5, 0.6) is 0 Å². The number of halogens is 1. The quantitative estimate of drug-likeness (QED) is 0.915. The molecule has 17 heavy (non-hydrogen) atoms. The van der Waals surface area contributed by atoms with Gasteiger partial charge in [-0.3, -0.25) is 4.79 Å². The highest BCUT2D eigenvalue weighted by Crippen LogP contribution is 2.24. The number of imidazole rings is 1. The maximum absolute atomic E-state index is 10.7. The number of rotatable bonds is 3. The average molecular weight is 295 g/mol. The van der Waals surface area contributed by atoms with Gasteiger partial charge in [-0.05, 0) is 28.4 Å². The van der Waals surface area contributed by atoms with Gasteiger partial charge in [0.15, 0.2) is 0 Å². The van der Waals surface area contributed by atoms with E-state index in [4.69, 9.17) is 5.11 Å². The van der Waals surface area contributed by atoms with Gasteiger partial charge in [-0.2, -0.15) is 0 Å². The fourth-order valence-electron chi connectivity index (χ4n) is 1.62. The first kappa shape index (κ1) is 11.9. The molecule has 1 heterocycles. The molecule has 0 aliphatic heterocycles. The maximum Gasteiger partial charge on any atom is 0.309 e. The molecule has 1 aromatic heterocycles. The van der Waals surface area contributed by atoms with E-state index >= 15 is 0 Å². The zero-order valence-electron chi connectivity index (χ0n) is 9.20. The summed E-state index contributed by atoms with van der Waals surface area (Å²) in [5, 5.41) is 8.76. The summed E-state index contributed by atoms with van der Waals surface area (Å²) in [6.45, 7) is 1.99. The number of hydrogen-bond acceptors (Lipinski definition) is 2. The van der Waals surface area contributed by atoms with Crippen LogP contribution in [0.3, 0.4) is 0 Å². The van der Waals surface area contributed by atoms with Crippen molar-refractivity contribution in [2.45, 2.75) is 13.3 Å². The number of aryl methyl sites for hydroxylation is 1. The van der Waals surface area contributed by atoms with Crippen LogP contribution in [0.2, 0.25) is 0 Å². The fraction of sp³-hybridized carbons (Fsp3) is 0.167. The minimum absolute atomic E-state index is 0.0700. The summed E-state index contributed by atoms with van der Waals surface area (Å²) >= 11 is 3.26. The Balaban J connectivity index is 2.41. The number of H-pyrrole nitrogens is 1. The van der Waals surface area contributed by atoms with Gasteiger partial charge in [-0.25, -0.2) is 4.98 Å². The van der Waals surface area contributed by atoms with Crippen molar-refractivity contribution in [3.63, 3.8) is 0 Å². The van der Waals surface area contributed by atoms with E-state index in [1.807, 2.05) is 31.2 Å². The van der Waals surface area contributed by atoms with Crippen molar-refractivity contribution in [3.05, 3.63) is 40.1 Å². The van der Waals surface area contributed by atoms with Crippen molar-refractivity contribution in [1.82, 2.24) is 9.97 Å². The Labute approximate surface area is 107 Å². The second-order valence-electron chi connectivity index (χ2n) is 3.74. The van der Waals surface area contributed by atoms with Crippen molar-refractivity contribution in [2.24, 2.45) is 0 Å². The Hall–Kier alpha value is -1.62. The molecule has 0 radical (unpaired) electrons. The molecule has 4 nitrogen and oxygen atoms in total. The Morgan fingerprint density at radius 1 is 1.47 bits per heavy atom. The lowest BCUT2D eigenvalue weighted by Gasteiger charge is -2.00. The molecule has 2 aromatic rings. The number of benzene rings is 1. The van der Waals surface area contributed by atoms with E-state index in [9.17, 15) is 4.79 Å². The molecule has 0 spiro atoms. The van der Waals surface area contributed by atoms with Gasteiger partial charge in [0.2, 0.25) is 0 Å². The number of hydrogen-bond donors (Lipinski definition) is 2. The van der Waals surface area contributed by atoms with Crippen LogP contribution in [-0.4, -0.2) is 21.0 Å². The number of nitrogens with one attached hydrogen (secondary N) is 1. The second kappa shape index (κ2) is 4.71. The number of carboxylic acids is 1. The summed E-state index contributed by atoms with van der Waals surface area (Å²) in [7, 11) is 0. The third kappa shape index (κ3) is 2.55. The number of carboxylic acid groups (broad SMARTS) is 1. The maximum atomic E-state index is 10.7. The molecule has 0 saturated carbocycles. The number of aliphatic carboxylic acids is 1. The molecular formula is C12H11BrN2O2. The zero-order valence-corrected chi connectivity index (χ0v) is 10.8. The minimum atomic E-state index is -0.884. The van der Waals surface area contributed by atoms with Crippen molar-refractivity contribution in [3.8, 4) is 11.4 Å².